The lowest BCUT2D eigenvalue weighted by Gasteiger charge is -2.15. The van der Waals surface area contributed by atoms with Gasteiger partial charge in [-0.2, -0.15) is 0 Å². The second-order valence-electron chi connectivity index (χ2n) is 6.53. The van der Waals surface area contributed by atoms with Gasteiger partial charge in [-0.05, 0) is 61.5 Å². The largest absolute Gasteiger partial charge is 0.497 e. The fourth-order valence-corrected chi connectivity index (χ4v) is 3.17. The summed E-state index contributed by atoms with van der Waals surface area (Å²) in [5.41, 5.74) is 1.39. The number of para-hydroxylation sites is 1. The minimum absolute atomic E-state index is 0.0592. The van der Waals surface area contributed by atoms with Gasteiger partial charge < -0.3 is 20.1 Å². The molecule has 1 atom stereocenters. The molecule has 1 aliphatic heterocycles. The van der Waals surface area contributed by atoms with E-state index in [0.29, 0.717) is 29.1 Å². The average molecular weight is 413 g/mol. The highest BCUT2D eigenvalue weighted by atomic mass is 32.1. The quantitative estimate of drug-likeness (QED) is 0.631. The van der Waals surface area contributed by atoms with Crippen LogP contribution < -0.4 is 20.7 Å². The number of methoxy groups -OCH3 is 1. The Morgan fingerprint density at radius 3 is 2.59 bits per heavy atom. The van der Waals surface area contributed by atoms with Crippen LogP contribution in [0.25, 0.3) is 0 Å². The molecule has 7 nitrogen and oxygen atoms in total. The summed E-state index contributed by atoms with van der Waals surface area (Å²) >= 11 is 5.24. The Bertz CT molecular complexity index is 880. The number of rotatable bonds is 6. The number of anilines is 1. The summed E-state index contributed by atoms with van der Waals surface area (Å²) < 4.78 is 10.6. The molecule has 0 aromatic heterocycles. The number of hydrogen-bond acceptors (Lipinski definition) is 5. The second-order valence-corrected chi connectivity index (χ2v) is 6.94. The molecular formula is C21H23N3O4S. The molecule has 1 heterocycles. The molecule has 152 valence electrons. The van der Waals surface area contributed by atoms with Crippen LogP contribution in [-0.4, -0.2) is 43.3 Å². The molecule has 1 fully saturated rings. The third-order valence-electron chi connectivity index (χ3n) is 4.51. The van der Waals surface area contributed by atoms with Crippen LogP contribution in [0.2, 0.25) is 0 Å². The lowest BCUT2D eigenvalue weighted by Crippen LogP contribution is -2.35. The van der Waals surface area contributed by atoms with Crippen LogP contribution in [0.1, 0.15) is 33.6 Å². The van der Waals surface area contributed by atoms with Gasteiger partial charge >= 0.3 is 0 Å². The summed E-state index contributed by atoms with van der Waals surface area (Å²) in [6.07, 6.45) is 2.02. The summed E-state index contributed by atoms with van der Waals surface area (Å²) in [6, 6.07) is 13.6. The predicted molar refractivity (Wildman–Crippen MR) is 114 cm³/mol. The molecule has 0 aliphatic carbocycles. The lowest BCUT2D eigenvalue weighted by atomic mass is 10.1. The average Bonchev–Trinajstić information content (AvgIpc) is 3.26. The van der Waals surface area contributed by atoms with E-state index in [1.165, 1.54) is 0 Å². The molecule has 2 aromatic rings. The van der Waals surface area contributed by atoms with E-state index in [4.69, 9.17) is 21.7 Å². The van der Waals surface area contributed by atoms with Gasteiger partial charge in [0.05, 0.1) is 24.5 Å². The summed E-state index contributed by atoms with van der Waals surface area (Å²) in [4.78, 5) is 24.9. The summed E-state index contributed by atoms with van der Waals surface area (Å²) in [5.74, 6) is 0.0727. The number of carbonyl (C=O) groups is 2. The van der Waals surface area contributed by atoms with Gasteiger partial charge in [-0.3, -0.25) is 14.9 Å². The molecule has 0 saturated carbocycles. The van der Waals surface area contributed by atoms with Crippen LogP contribution in [0.15, 0.2) is 48.5 Å². The van der Waals surface area contributed by atoms with Crippen molar-refractivity contribution in [3.05, 3.63) is 59.7 Å². The minimum atomic E-state index is -0.356. The van der Waals surface area contributed by atoms with Crippen molar-refractivity contribution < 1.29 is 19.1 Å². The number of benzene rings is 2. The van der Waals surface area contributed by atoms with E-state index < -0.39 is 0 Å². The van der Waals surface area contributed by atoms with E-state index in [1.54, 1.807) is 55.6 Å². The Morgan fingerprint density at radius 1 is 1.14 bits per heavy atom. The van der Waals surface area contributed by atoms with Crippen molar-refractivity contribution in [2.75, 3.05) is 25.6 Å². The molecule has 29 heavy (non-hydrogen) atoms. The van der Waals surface area contributed by atoms with Gasteiger partial charge in [0.25, 0.3) is 11.8 Å². The highest BCUT2D eigenvalue weighted by Crippen LogP contribution is 2.16. The van der Waals surface area contributed by atoms with E-state index in [1.807, 2.05) is 0 Å². The molecule has 0 spiro atoms. The monoisotopic (exact) mass is 413 g/mol. The SMILES string of the molecule is COc1ccc(C(=O)NC(=S)Nc2ccccc2C(=O)NCC2CCCO2)cc1. The number of thiocarbonyl (C=S) groups is 1. The second kappa shape index (κ2) is 9.99. The normalized spacial score (nSPS) is 15.4. The van der Waals surface area contributed by atoms with Crippen LogP contribution >= 0.6 is 12.2 Å². The van der Waals surface area contributed by atoms with E-state index in [2.05, 4.69) is 16.0 Å². The van der Waals surface area contributed by atoms with Crippen molar-refractivity contribution in [1.82, 2.24) is 10.6 Å². The highest BCUT2D eigenvalue weighted by molar-refractivity contribution is 7.80. The van der Waals surface area contributed by atoms with Crippen LogP contribution in [0.4, 0.5) is 5.69 Å². The fraction of sp³-hybridized carbons (Fsp3) is 0.286. The maximum Gasteiger partial charge on any atom is 0.257 e. The zero-order valence-corrected chi connectivity index (χ0v) is 16.9. The van der Waals surface area contributed by atoms with Crippen molar-refractivity contribution in [2.24, 2.45) is 0 Å². The first-order chi connectivity index (χ1) is 14.1. The smallest absolute Gasteiger partial charge is 0.257 e. The summed E-state index contributed by atoms with van der Waals surface area (Å²) in [6.45, 7) is 1.20. The van der Waals surface area contributed by atoms with E-state index in [9.17, 15) is 9.59 Å². The van der Waals surface area contributed by atoms with E-state index in [0.717, 1.165) is 19.4 Å². The van der Waals surface area contributed by atoms with Gasteiger partial charge in [-0.1, -0.05) is 12.1 Å². The van der Waals surface area contributed by atoms with Crippen molar-refractivity contribution in [1.29, 1.82) is 0 Å². The van der Waals surface area contributed by atoms with Gasteiger partial charge in [-0.15, -0.1) is 0 Å². The van der Waals surface area contributed by atoms with Crippen molar-refractivity contribution in [3.8, 4) is 5.75 Å². The number of hydrogen-bond donors (Lipinski definition) is 3. The van der Waals surface area contributed by atoms with Gasteiger partial charge in [0, 0.05) is 18.7 Å². The van der Waals surface area contributed by atoms with Crippen molar-refractivity contribution in [2.45, 2.75) is 18.9 Å². The summed E-state index contributed by atoms with van der Waals surface area (Å²) in [5, 5.41) is 8.53. The Balaban J connectivity index is 1.59. The summed E-state index contributed by atoms with van der Waals surface area (Å²) in [7, 11) is 1.56. The first-order valence-electron chi connectivity index (χ1n) is 9.32. The topological polar surface area (TPSA) is 88.7 Å². The zero-order valence-electron chi connectivity index (χ0n) is 16.1. The number of ether oxygens (including phenoxy) is 2. The van der Waals surface area contributed by atoms with Crippen LogP contribution in [0.3, 0.4) is 0 Å². The molecule has 2 amide bonds. The third-order valence-corrected chi connectivity index (χ3v) is 4.72. The number of nitrogens with one attached hydrogen (secondary N) is 3. The maximum absolute atomic E-state index is 12.6. The van der Waals surface area contributed by atoms with E-state index in [-0.39, 0.29) is 23.0 Å². The van der Waals surface area contributed by atoms with Gasteiger partial charge in [0.1, 0.15) is 5.75 Å². The molecule has 1 aliphatic rings. The maximum atomic E-state index is 12.6. The van der Waals surface area contributed by atoms with Gasteiger partial charge in [0.2, 0.25) is 0 Å². The number of amides is 2. The Morgan fingerprint density at radius 2 is 1.90 bits per heavy atom. The zero-order chi connectivity index (χ0) is 20.6. The molecular weight excluding hydrogens is 390 g/mol. The van der Waals surface area contributed by atoms with Crippen molar-refractivity contribution >= 4 is 34.8 Å². The first-order valence-corrected chi connectivity index (χ1v) is 9.73. The molecule has 0 bridgehead atoms. The molecule has 3 N–H and O–H groups in total. The molecule has 8 heteroatoms. The molecule has 0 radical (unpaired) electrons. The Hall–Kier alpha value is -2.97. The fourth-order valence-electron chi connectivity index (χ4n) is 2.97. The molecule has 3 rings (SSSR count). The van der Waals surface area contributed by atoms with Crippen LogP contribution in [0, 0.1) is 0 Å². The van der Waals surface area contributed by atoms with Crippen LogP contribution in [0.5, 0.6) is 5.75 Å². The molecule has 2 aromatic carbocycles. The molecule has 1 saturated heterocycles. The number of carbonyl (C=O) groups excluding carboxylic acids is 2. The molecule has 1 unspecified atom stereocenters. The third kappa shape index (κ3) is 5.75. The highest BCUT2D eigenvalue weighted by Gasteiger charge is 2.18. The van der Waals surface area contributed by atoms with Crippen molar-refractivity contribution in [3.63, 3.8) is 0 Å². The van der Waals surface area contributed by atoms with Crippen LogP contribution in [-0.2, 0) is 4.74 Å². The standard InChI is InChI=1S/C21H23N3O4S/c1-27-15-10-8-14(9-11-15)19(25)24-21(29)23-18-7-3-2-6-17(18)20(26)22-13-16-5-4-12-28-16/h2-3,6-11,16H,4-5,12-13H2,1H3,(H,22,26)(H2,23,24,25,29). The lowest BCUT2D eigenvalue weighted by molar-refractivity contribution is 0.0858. The van der Waals surface area contributed by atoms with Gasteiger partial charge in [0.15, 0.2) is 5.11 Å². The Labute approximate surface area is 174 Å². The predicted octanol–water partition coefficient (Wildman–Crippen LogP) is 2.73. The first kappa shape index (κ1) is 20.8. The Kier molecular flexibility index (Phi) is 7.15. The van der Waals surface area contributed by atoms with Gasteiger partial charge in [-0.25, -0.2) is 0 Å². The van der Waals surface area contributed by atoms with E-state index >= 15 is 0 Å². The minimum Gasteiger partial charge on any atom is -0.497 e.